The van der Waals surface area contributed by atoms with Crippen LogP contribution in [0, 0.1) is 0 Å². The van der Waals surface area contributed by atoms with E-state index >= 15 is 0 Å². The van der Waals surface area contributed by atoms with Gasteiger partial charge in [0.15, 0.2) is 12.0 Å². The van der Waals surface area contributed by atoms with Crippen molar-refractivity contribution in [2.45, 2.75) is 6.61 Å². The molecule has 3 aromatic rings. The molecular weight excluding hydrogens is 376 g/mol. The Morgan fingerprint density at radius 3 is 2.59 bits per heavy atom. The first-order valence-electron chi connectivity index (χ1n) is 7.71. The summed E-state index contributed by atoms with van der Waals surface area (Å²) in [5.41, 5.74) is 0.684. The molecule has 0 bridgehead atoms. The summed E-state index contributed by atoms with van der Waals surface area (Å²) in [6, 6.07) is 10.7. The lowest BCUT2D eigenvalue weighted by atomic mass is 10.1. The number of ether oxygens (including phenoxy) is 2. The van der Waals surface area contributed by atoms with Crippen LogP contribution in [-0.4, -0.2) is 25.3 Å². The van der Waals surface area contributed by atoms with Crippen LogP contribution in [-0.2, 0) is 16.1 Å². The Morgan fingerprint density at radius 2 is 1.89 bits per heavy atom. The highest BCUT2D eigenvalue weighted by Gasteiger charge is 2.17. The van der Waals surface area contributed by atoms with E-state index in [2.05, 4.69) is 4.74 Å². The van der Waals surface area contributed by atoms with Crippen LogP contribution in [0.4, 0.5) is 0 Å². The molecule has 8 heteroatoms. The largest absolute Gasteiger partial charge is 0.463 e. The van der Waals surface area contributed by atoms with Gasteiger partial charge >= 0.3 is 11.9 Å². The number of furan rings is 2. The number of halogens is 1. The molecule has 0 unspecified atom stereocenters. The summed E-state index contributed by atoms with van der Waals surface area (Å²) in [5.74, 6) is -0.443. The average Bonchev–Trinajstić information content (AvgIpc) is 3.35. The smallest absolute Gasteiger partial charge is 0.373 e. The molecule has 0 aliphatic carbocycles. The van der Waals surface area contributed by atoms with Gasteiger partial charge in [-0.1, -0.05) is 11.6 Å². The minimum absolute atomic E-state index is 0.00683. The van der Waals surface area contributed by atoms with Crippen LogP contribution in [0.3, 0.4) is 0 Å². The Bertz CT molecular complexity index is 999. The monoisotopic (exact) mass is 388 g/mol. The minimum atomic E-state index is -0.681. The van der Waals surface area contributed by atoms with E-state index in [1.807, 2.05) is 0 Å². The Balaban J connectivity index is 1.74. The molecule has 3 rings (SSSR count). The predicted octanol–water partition coefficient (Wildman–Crippen LogP) is 4.15. The second-order valence-electron chi connectivity index (χ2n) is 5.35. The van der Waals surface area contributed by atoms with Crippen molar-refractivity contribution < 1.29 is 32.7 Å². The van der Waals surface area contributed by atoms with Crippen LogP contribution < -0.4 is 0 Å². The minimum Gasteiger partial charge on any atom is -0.463 e. The summed E-state index contributed by atoms with van der Waals surface area (Å²) < 4.78 is 20.3. The standard InChI is InChI=1S/C19H13ClO7/c1-24-19(23)17-7-4-13(27-17)10-25-18(22)14-8-11(2-5-15(14)20)16-6-3-12(9-21)26-16/h2-9H,10H2,1H3. The number of carbonyl (C=O) groups excluding carboxylic acids is 3. The first-order chi connectivity index (χ1) is 13.0. The van der Waals surface area contributed by atoms with Gasteiger partial charge in [-0.05, 0) is 42.5 Å². The van der Waals surface area contributed by atoms with Gasteiger partial charge in [-0.2, -0.15) is 0 Å². The van der Waals surface area contributed by atoms with Crippen molar-refractivity contribution in [1.29, 1.82) is 0 Å². The summed E-state index contributed by atoms with van der Waals surface area (Å²) in [5, 5.41) is 0.195. The average molecular weight is 389 g/mol. The molecule has 0 aliphatic rings. The van der Waals surface area contributed by atoms with Crippen LogP contribution in [0.5, 0.6) is 0 Å². The van der Waals surface area contributed by atoms with Crippen molar-refractivity contribution in [3.8, 4) is 11.3 Å². The molecular formula is C19H13ClO7. The molecule has 27 heavy (non-hydrogen) atoms. The van der Waals surface area contributed by atoms with Crippen LogP contribution >= 0.6 is 11.6 Å². The van der Waals surface area contributed by atoms with Crippen molar-refractivity contribution in [2.75, 3.05) is 7.11 Å². The van der Waals surface area contributed by atoms with E-state index in [-0.39, 0.29) is 34.5 Å². The molecule has 7 nitrogen and oxygen atoms in total. The van der Waals surface area contributed by atoms with Gasteiger partial charge in [0, 0.05) is 5.56 Å². The fraction of sp³-hybridized carbons (Fsp3) is 0.105. The van der Waals surface area contributed by atoms with E-state index in [0.717, 1.165) is 0 Å². The quantitative estimate of drug-likeness (QED) is 0.462. The highest BCUT2D eigenvalue weighted by Crippen LogP contribution is 2.27. The predicted molar refractivity (Wildman–Crippen MR) is 93.7 cm³/mol. The molecule has 0 fully saturated rings. The third kappa shape index (κ3) is 4.09. The second kappa shape index (κ2) is 7.92. The van der Waals surface area contributed by atoms with Gasteiger partial charge in [-0.3, -0.25) is 4.79 Å². The van der Waals surface area contributed by atoms with E-state index in [0.29, 0.717) is 17.6 Å². The van der Waals surface area contributed by atoms with Crippen molar-refractivity contribution in [3.05, 3.63) is 70.3 Å². The lowest BCUT2D eigenvalue weighted by Gasteiger charge is -2.07. The maximum atomic E-state index is 12.4. The number of benzene rings is 1. The normalized spacial score (nSPS) is 10.4. The van der Waals surface area contributed by atoms with Crippen molar-refractivity contribution in [1.82, 2.24) is 0 Å². The molecule has 0 saturated heterocycles. The number of esters is 2. The van der Waals surface area contributed by atoms with Crippen molar-refractivity contribution in [3.63, 3.8) is 0 Å². The fourth-order valence-electron chi connectivity index (χ4n) is 2.29. The molecule has 2 aromatic heterocycles. The van der Waals surface area contributed by atoms with E-state index in [4.69, 9.17) is 25.2 Å². The Morgan fingerprint density at radius 1 is 1.07 bits per heavy atom. The molecule has 0 radical (unpaired) electrons. The zero-order valence-corrected chi connectivity index (χ0v) is 14.8. The molecule has 0 saturated carbocycles. The van der Waals surface area contributed by atoms with Gasteiger partial charge in [-0.15, -0.1) is 0 Å². The zero-order valence-electron chi connectivity index (χ0n) is 14.1. The summed E-state index contributed by atoms with van der Waals surface area (Å²) in [6.45, 7) is -0.188. The first-order valence-corrected chi connectivity index (χ1v) is 8.08. The Kier molecular flexibility index (Phi) is 5.42. The molecule has 138 valence electrons. The number of rotatable bonds is 6. The first kappa shape index (κ1) is 18.5. The molecule has 0 N–H and O–H groups in total. The van der Waals surface area contributed by atoms with Crippen molar-refractivity contribution in [2.24, 2.45) is 0 Å². The van der Waals surface area contributed by atoms with Crippen molar-refractivity contribution >= 4 is 29.8 Å². The summed E-state index contributed by atoms with van der Waals surface area (Å²) in [6.07, 6.45) is 0.584. The van der Waals surface area contributed by atoms with Crippen LogP contribution in [0.2, 0.25) is 5.02 Å². The van der Waals surface area contributed by atoms with Crippen LogP contribution in [0.25, 0.3) is 11.3 Å². The molecule has 0 amide bonds. The lowest BCUT2D eigenvalue weighted by Crippen LogP contribution is -2.06. The molecule has 0 aliphatic heterocycles. The summed E-state index contributed by atoms with van der Waals surface area (Å²) in [4.78, 5) is 34.4. The number of hydrogen-bond donors (Lipinski definition) is 0. The Hall–Kier alpha value is -3.32. The van der Waals surface area contributed by atoms with E-state index in [1.165, 1.54) is 37.4 Å². The maximum absolute atomic E-state index is 12.4. The Labute approximate surface area is 158 Å². The van der Waals surface area contributed by atoms with Gasteiger partial charge < -0.3 is 18.3 Å². The number of carbonyl (C=O) groups is 3. The number of hydrogen-bond acceptors (Lipinski definition) is 7. The number of methoxy groups -OCH3 is 1. The zero-order chi connectivity index (χ0) is 19.4. The second-order valence-corrected chi connectivity index (χ2v) is 5.76. The number of aldehydes is 1. The highest BCUT2D eigenvalue weighted by molar-refractivity contribution is 6.33. The summed E-state index contributed by atoms with van der Waals surface area (Å²) in [7, 11) is 1.23. The van der Waals surface area contributed by atoms with Gasteiger partial charge in [0.25, 0.3) is 0 Å². The summed E-state index contributed by atoms with van der Waals surface area (Å²) >= 11 is 6.09. The molecule has 0 spiro atoms. The molecule has 1 aromatic carbocycles. The molecule has 0 atom stereocenters. The van der Waals surface area contributed by atoms with Gasteiger partial charge in [0.1, 0.15) is 18.1 Å². The van der Waals surface area contributed by atoms with E-state index in [1.54, 1.807) is 12.1 Å². The van der Waals surface area contributed by atoms with Gasteiger partial charge in [-0.25, -0.2) is 9.59 Å². The van der Waals surface area contributed by atoms with Gasteiger partial charge in [0.2, 0.25) is 5.76 Å². The molecule has 2 heterocycles. The van der Waals surface area contributed by atoms with E-state index in [9.17, 15) is 14.4 Å². The van der Waals surface area contributed by atoms with E-state index < -0.39 is 11.9 Å². The maximum Gasteiger partial charge on any atom is 0.373 e. The van der Waals surface area contributed by atoms with Crippen LogP contribution in [0.15, 0.2) is 51.3 Å². The third-order valence-electron chi connectivity index (χ3n) is 3.61. The lowest BCUT2D eigenvalue weighted by molar-refractivity contribution is 0.0438. The van der Waals surface area contributed by atoms with Crippen LogP contribution in [0.1, 0.15) is 37.2 Å². The fourth-order valence-corrected chi connectivity index (χ4v) is 2.48. The topological polar surface area (TPSA) is 96.0 Å². The SMILES string of the molecule is COC(=O)c1ccc(COC(=O)c2cc(-c3ccc(C=O)o3)ccc2Cl)o1. The highest BCUT2D eigenvalue weighted by atomic mass is 35.5. The van der Waals surface area contributed by atoms with Gasteiger partial charge in [0.05, 0.1) is 17.7 Å². The third-order valence-corrected chi connectivity index (χ3v) is 3.94.